The molecule has 3 rings (SSSR count). The summed E-state index contributed by atoms with van der Waals surface area (Å²) in [5.74, 6) is 0.0873. The molecule has 5 heteroatoms. The van der Waals surface area contributed by atoms with Crippen molar-refractivity contribution in [3.05, 3.63) is 28.6 Å². The number of methoxy groups -OCH3 is 1. The van der Waals surface area contributed by atoms with Crippen LogP contribution in [0.25, 0.3) is 0 Å². The van der Waals surface area contributed by atoms with E-state index in [0.717, 1.165) is 43.5 Å². The Hall–Kier alpha value is -1.46. The third-order valence-electron chi connectivity index (χ3n) is 5.41. The van der Waals surface area contributed by atoms with Crippen molar-refractivity contribution in [2.24, 2.45) is 0 Å². The van der Waals surface area contributed by atoms with Gasteiger partial charge in [0.2, 0.25) is 5.91 Å². The van der Waals surface area contributed by atoms with Gasteiger partial charge in [0.1, 0.15) is 0 Å². The first-order chi connectivity index (χ1) is 12.1. The summed E-state index contributed by atoms with van der Waals surface area (Å²) in [6.07, 6.45) is 6.78. The number of carbonyl (C=O) groups excluding carboxylic acids is 1. The third kappa shape index (κ3) is 4.39. The molecular weight excluding hydrogens is 316 g/mol. The summed E-state index contributed by atoms with van der Waals surface area (Å²) < 4.78 is 11.3. The summed E-state index contributed by atoms with van der Waals surface area (Å²) in [5.41, 5.74) is 4.64. The Morgan fingerprint density at radius 2 is 2.20 bits per heavy atom. The molecule has 1 fully saturated rings. The maximum absolute atomic E-state index is 12.2. The SMILES string of the molecule is COC(C)c1nc2c(cc1CN(C[C@H]1CCCO1)C(C)=O)CCCC2. The number of rotatable bonds is 6. The summed E-state index contributed by atoms with van der Waals surface area (Å²) >= 11 is 0. The Balaban J connectivity index is 1.86. The quantitative estimate of drug-likeness (QED) is 0.794. The van der Waals surface area contributed by atoms with Crippen molar-refractivity contribution in [1.82, 2.24) is 9.88 Å². The first-order valence-corrected chi connectivity index (χ1v) is 9.50. The van der Waals surface area contributed by atoms with Crippen LogP contribution in [0.1, 0.15) is 68.1 Å². The van der Waals surface area contributed by atoms with E-state index in [4.69, 9.17) is 14.5 Å². The van der Waals surface area contributed by atoms with Crippen molar-refractivity contribution in [2.45, 2.75) is 71.1 Å². The highest BCUT2D eigenvalue weighted by molar-refractivity contribution is 5.73. The van der Waals surface area contributed by atoms with E-state index in [2.05, 4.69) is 6.07 Å². The van der Waals surface area contributed by atoms with E-state index in [1.807, 2.05) is 11.8 Å². The lowest BCUT2D eigenvalue weighted by Crippen LogP contribution is -2.36. The van der Waals surface area contributed by atoms with Crippen molar-refractivity contribution in [1.29, 1.82) is 0 Å². The lowest BCUT2D eigenvalue weighted by molar-refractivity contribution is -0.131. The van der Waals surface area contributed by atoms with Gasteiger partial charge in [-0.05, 0) is 56.6 Å². The van der Waals surface area contributed by atoms with Crippen LogP contribution in [0.2, 0.25) is 0 Å². The zero-order valence-electron chi connectivity index (χ0n) is 15.7. The predicted molar refractivity (Wildman–Crippen MR) is 96.4 cm³/mol. The molecule has 1 aromatic heterocycles. The van der Waals surface area contributed by atoms with Gasteiger partial charge in [-0.15, -0.1) is 0 Å². The molecule has 1 saturated heterocycles. The minimum atomic E-state index is -0.0706. The van der Waals surface area contributed by atoms with Crippen LogP contribution in [0.15, 0.2) is 6.07 Å². The number of ether oxygens (including phenoxy) is 2. The molecule has 0 saturated carbocycles. The zero-order valence-corrected chi connectivity index (χ0v) is 15.7. The van der Waals surface area contributed by atoms with Gasteiger partial charge >= 0.3 is 0 Å². The van der Waals surface area contributed by atoms with Gasteiger partial charge in [0.15, 0.2) is 0 Å². The largest absolute Gasteiger partial charge is 0.376 e. The van der Waals surface area contributed by atoms with E-state index >= 15 is 0 Å². The number of pyridine rings is 1. The van der Waals surface area contributed by atoms with E-state index in [0.29, 0.717) is 13.1 Å². The molecule has 2 heterocycles. The number of hydrogen-bond donors (Lipinski definition) is 0. The van der Waals surface area contributed by atoms with E-state index in [9.17, 15) is 4.79 Å². The van der Waals surface area contributed by atoms with E-state index in [-0.39, 0.29) is 18.1 Å². The molecule has 0 spiro atoms. The Labute approximate surface area is 150 Å². The molecule has 5 nitrogen and oxygen atoms in total. The standard InChI is InChI=1S/C20H30N2O3/c1-14(24-3)20-17(11-16-7-4-5-9-19(16)21-20)12-22(15(2)23)13-18-8-6-10-25-18/h11,14,18H,4-10,12-13H2,1-3H3/t14?,18-/m1/s1. The molecule has 1 aliphatic heterocycles. The van der Waals surface area contributed by atoms with Gasteiger partial charge in [0.05, 0.1) is 17.9 Å². The van der Waals surface area contributed by atoms with Crippen LogP contribution in [-0.4, -0.2) is 42.2 Å². The van der Waals surface area contributed by atoms with Crippen LogP contribution in [-0.2, 0) is 33.7 Å². The lowest BCUT2D eigenvalue weighted by Gasteiger charge is -2.27. The monoisotopic (exact) mass is 346 g/mol. The maximum atomic E-state index is 12.2. The average Bonchev–Trinajstić information content (AvgIpc) is 3.13. The highest BCUT2D eigenvalue weighted by Crippen LogP contribution is 2.27. The summed E-state index contributed by atoms with van der Waals surface area (Å²) in [6.45, 7) is 5.72. The Bertz CT molecular complexity index is 611. The van der Waals surface area contributed by atoms with Crippen LogP contribution in [0.5, 0.6) is 0 Å². The third-order valence-corrected chi connectivity index (χ3v) is 5.41. The second-order valence-corrected chi connectivity index (χ2v) is 7.26. The van der Waals surface area contributed by atoms with Crippen molar-refractivity contribution in [2.75, 3.05) is 20.3 Å². The van der Waals surface area contributed by atoms with Gasteiger partial charge in [0.25, 0.3) is 0 Å². The first-order valence-electron chi connectivity index (χ1n) is 9.50. The van der Waals surface area contributed by atoms with Crippen molar-refractivity contribution in [3.8, 4) is 0 Å². The second-order valence-electron chi connectivity index (χ2n) is 7.26. The molecule has 1 unspecified atom stereocenters. The van der Waals surface area contributed by atoms with Crippen molar-refractivity contribution in [3.63, 3.8) is 0 Å². The highest BCUT2D eigenvalue weighted by atomic mass is 16.5. The van der Waals surface area contributed by atoms with Crippen LogP contribution in [0, 0.1) is 0 Å². The van der Waals surface area contributed by atoms with Crippen molar-refractivity contribution < 1.29 is 14.3 Å². The van der Waals surface area contributed by atoms with Crippen molar-refractivity contribution >= 4 is 5.91 Å². The molecule has 1 aromatic rings. The molecular formula is C20H30N2O3. The van der Waals surface area contributed by atoms with E-state index < -0.39 is 0 Å². The minimum Gasteiger partial charge on any atom is -0.376 e. The predicted octanol–water partition coefficient (Wildman–Crippen LogP) is 3.20. The van der Waals surface area contributed by atoms with E-state index in [1.165, 1.54) is 24.1 Å². The number of aryl methyl sites for hydroxylation is 2. The summed E-state index contributed by atoms with van der Waals surface area (Å²) in [4.78, 5) is 19.0. The normalized spacial score (nSPS) is 21.0. The lowest BCUT2D eigenvalue weighted by atomic mass is 9.93. The van der Waals surface area contributed by atoms with Gasteiger partial charge in [-0.2, -0.15) is 0 Å². The molecule has 0 bridgehead atoms. The molecule has 0 radical (unpaired) electrons. The molecule has 0 N–H and O–H groups in total. The van der Waals surface area contributed by atoms with Crippen LogP contribution in [0.3, 0.4) is 0 Å². The van der Waals surface area contributed by atoms with Crippen LogP contribution in [0.4, 0.5) is 0 Å². The topological polar surface area (TPSA) is 51.7 Å². The highest BCUT2D eigenvalue weighted by Gasteiger charge is 2.24. The van der Waals surface area contributed by atoms with E-state index in [1.54, 1.807) is 14.0 Å². The number of amides is 1. The summed E-state index contributed by atoms with van der Waals surface area (Å²) in [7, 11) is 1.71. The molecule has 1 aliphatic carbocycles. The van der Waals surface area contributed by atoms with Crippen LogP contribution < -0.4 is 0 Å². The molecule has 25 heavy (non-hydrogen) atoms. The number of nitrogens with zero attached hydrogens (tertiary/aromatic N) is 2. The van der Waals surface area contributed by atoms with Gasteiger partial charge in [-0.1, -0.05) is 6.07 Å². The summed E-state index contributed by atoms with van der Waals surface area (Å²) in [5, 5.41) is 0. The average molecular weight is 346 g/mol. The van der Waals surface area contributed by atoms with Gasteiger partial charge in [-0.3, -0.25) is 9.78 Å². The fraction of sp³-hybridized carbons (Fsp3) is 0.700. The number of aromatic nitrogens is 1. The number of carbonyl (C=O) groups is 1. The Kier molecular flexibility index (Phi) is 6.07. The number of fused-ring (bicyclic) bond motifs is 1. The maximum Gasteiger partial charge on any atom is 0.219 e. The first kappa shape index (κ1) is 18.3. The van der Waals surface area contributed by atoms with Gasteiger partial charge < -0.3 is 14.4 Å². The molecule has 0 aromatic carbocycles. The Morgan fingerprint density at radius 1 is 1.40 bits per heavy atom. The van der Waals surface area contributed by atoms with Gasteiger partial charge in [-0.25, -0.2) is 0 Å². The van der Waals surface area contributed by atoms with Gasteiger partial charge in [0, 0.05) is 39.4 Å². The summed E-state index contributed by atoms with van der Waals surface area (Å²) in [6, 6.07) is 2.26. The molecule has 1 amide bonds. The molecule has 138 valence electrons. The fourth-order valence-electron chi connectivity index (χ4n) is 3.83. The molecule has 2 aliphatic rings. The minimum absolute atomic E-state index is 0.0706. The second kappa shape index (κ2) is 8.28. The number of hydrogen-bond acceptors (Lipinski definition) is 4. The molecule has 2 atom stereocenters. The Morgan fingerprint density at radius 3 is 2.88 bits per heavy atom. The smallest absolute Gasteiger partial charge is 0.219 e. The fourth-order valence-corrected chi connectivity index (χ4v) is 3.83. The zero-order chi connectivity index (χ0) is 17.8. The van der Waals surface area contributed by atoms with Crippen LogP contribution >= 0.6 is 0 Å².